The van der Waals surface area contributed by atoms with E-state index in [4.69, 9.17) is 4.63 Å². The van der Waals surface area contributed by atoms with Gasteiger partial charge in [-0.15, -0.1) is 0 Å². The van der Waals surface area contributed by atoms with Gasteiger partial charge in [0.15, 0.2) is 10.7 Å². The standard InChI is InChI=1S/C16H15N3OS/c1-2-14(12-7-4-3-5-8-12)21-16-15(18-20-19-16)13-9-6-10-17-11-13/h3-11,14H,2H2,1H3. The first-order valence-electron chi connectivity index (χ1n) is 6.83. The SMILES string of the molecule is CCC(Sc1nonc1-c1cccnc1)c1ccccc1. The summed E-state index contributed by atoms with van der Waals surface area (Å²) in [6.45, 7) is 2.17. The maximum atomic E-state index is 4.93. The van der Waals surface area contributed by atoms with Crippen molar-refractivity contribution in [2.24, 2.45) is 0 Å². The molecule has 2 aromatic heterocycles. The van der Waals surface area contributed by atoms with Gasteiger partial charge in [0, 0.05) is 23.2 Å². The monoisotopic (exact) mass is 297 g/mol. The van der Waals surface area contributed by atoms with Crippen molar-refractivity contribution in [3.63, 3.8) is 0 Å². The molecule has 0 fully saturated rings. The molecule has 1 aromatic carbocycles. The van der Waals surface area contributed by atoms with Gasteiger partial charge in [0.25, 0.3) is 0 Å². The smallest absolute Gasteiger partial charge is 0.169 e. The van der Waals surface area contributed by atoms with E-state index in [1.165, 1.54) is 5.56 Å². The van der Waals surface area contributed by atoms with Crippen molar-refractivity contribution < 1.29 is 4.63 Å². The molecule has 1 atom stereocenters. The third-order valence-corrected chi connectivity index (χ3v) is 4.57. The molecule has 2 heterocycles. The molecule has 0 bridgehead atoms. The van der Waals surface area contributed by atoms with Crippen LogP contribution in [-0.4, -0.2) is 15.3 Å². The van der Waals surface area contributed by atoms with E-state index >= 15 is 0 Å². The van der Waals surface area contributed by atoms with Crippen molar-refractivity contribution in [2.45, 2.75) is 23.6 Å². The number of benzene rings is 1. The molecule has 0 aliphatic rings. The summed E-state index contributed by atoms with van der Waals surface area (Å²) in [5, 5.41) is 9.21. The highest BCUT2D eigenvalue weighted by Gasteiger charge is 2.18. The van der Waals surface area contributed by atoms with E-state index < -0.39 is 0 Å². The van der Waals surface area contributed by atoms with E-state index in [0.29, 0.717) is 5.25 Å². The van der Waals surface area contributed by atoms with Crippen molar-refractivity contribution in [3.8, 4) is 11.3 Å². The van der Waals surface area contributed by atoms with Gasteiger partial charge in [0.1, 0.15) is 0 Å². The first-order valence-corrected chi connectivity index (χ1v) is 7.71. The molecule has 106 valence electrons. The quantitative estimate of drug-likeness (QED) is 0.654. The van der Waals surface area contributed by atoms with Crippen LogP contribution >= 0.6 is 11.8 Å². The number of thioether (sulfide) groups is 1. The van der Waals surface area contributed by atoms with Crippen LogP contribution in [-0.2, 0) is 0 Å². The molecule has 4 nitrogen and oxygen atoms in total. The fourth-order valence-electron chi connectivity index (χ4n) is 2.13. The van der Waals surface area contributed by atoms with E-state index in [0.717, 1.165) is 22.7 Å². The van der Waals surface area contributed by atoms with Crippen LogP contribution in [0.4, 0.5) is 0 Å². The van der Waals surface area contributed by atoms with Crippen LogP contribution in [0.25, 0.3) is 11.3 Å². The molecular formula is C16H15N3OS. The lowest BCUT2D eigenvalue weighted by Crippen LogP contribution is -1.93. The summed E-state index contributed by atoms with van der Waals surface area (Å²) >= 11 is 1.67. The summed E-state index contributed by atoms with van der Waals surface area (Å²) in [5.41, 5.74) is 2.96. The fraction of sp³-hybridized carbons (Fsp3) is 0.188. The van der Waals surface area contributed by atoms with Crippen LogP contribution in [0.2, 0.25) is 0 Å². The highest BCUT2D eigenvalue weighted by atomic mass is 32.2. The van der Waals surface area contributed by atoms with Crippen LogP contribution in [0.15, 0.2) is 64.5 Å². The first kappa shape index (κ1) is 13.8. The minimum absolute atomic E-state index is 0.327. The zero-order chi connectivity index (χ0) is 14.5. The lowest BCUT2D eigenvalue weighted by atomic mass is 10.1. The summed E-state index contributed by atoms with van der Waals surface area (Å²) in [6, 6.07) is 14.3. The maximum Gasteiger partial charge on any atom is 0.169 e. The molecule has 0 saturated heterocycles. The first-order chi connectivity index (χ1) is 10.4. The van der Waals surface area contributed by atoms with Gasteiger partial charge in [-0.2, -0.15) is 0 Å². The van der Waals surface area contributed by atoms with Crippen molar-refractivity contribution in [2.75, 3.05) is 0 Å². The summed E-state index contributed by atoms with van der Waals surface area (Å²) in [5.74, 6) is 0. The van der Waals surface area contributed by atoms with Crippen LogP contribution in [0.1, 0.15) is 24.2 Å². The van der Waals surface area contributed by atoms with Gasteiger partial charge < -0.3 is 0 Å². The third-order valence-electron chi connectivity index (χ3n) is 3.19. The molecule has 1 unspecified atom stereocenters. The number of nitrogens with zero attached hydrogens (tertiary/aromatic N) is 3. The molecular weight excluding hydrogens is 282 g/mol. The van der Waals surface area contributed by atoms with E-state index in [1.54, 1.807) is 24.2 Å². The number of aromatic nitrogens is 3. The zero-order valence-corrected chi connectivity index (χ0v) is 12.5. The Morgan fingerprint density at radius 3 is 2.67 bits per heavy atom. The van der Waals surface area contributed by atoms with Gasteiger partial charge in [-0.05, 0) is 34.4 Å². The minimum atomic E-state index is 0.327. The summed E-state index contributed by atoms with van der Waals surface area (Å²) < 4.78 is 4.93. The molecule has 0 amide bonds. The predicted octanol–water partition coefficient (Wildman–Crippen LogP) is 4.38. The maximum absolute atomic E-state index is 4.93. The van der Waals surface area contributed by atoms with Crippen molar-refractivity contribution in [1.29, 1.82) is 0 Å². The molecule has 0 saturated carbocycles. The Morgan fingerprint density at radius 1 is 1.10 bits per heavy atom. The van der Waals surface area contributed by atoms with E-state index in [-0.39, 0.29) is 0 Å². The summed E-state index contributed by atoms with van der Waals surface area (Å²) in [7, 11) is 0. The number of rotatable bonds is 5. The van der Waals surface area contributed by atoms with Crippen LogP contribution in [0.5, 0.6) is 0 Å². The van der Waals surface area contributed by atoms with Crippen molar-refractivity contribution in [1.82, 2.24) is 15.3 Å². The Balaban J connectivity index is 1.87. The predicted molar refractivity (Wildman–Crippen MR) is 82.9 cm³/mol. The molecule has 3 rings (SSSR count). The number of pyridine rings is 1. The van der Waals surface area contributed by atoms with Crippen molar-refractivity contribution in [3.05, 3.63) is 60.4 Å². The highest BCUT2D eigenvalue weighted by molar-refractivity contribution is 7.99. The zero-order valence-electron chi connectivity index (χ0n) is 11.6. The minimum Gasteiger partial charge on any atom is -0.264 e. The number of hydrogen-bond acceptors (Lipinski definition) is 5. The Kier molecular flexibility index (Phi) is 4.31. The molecule has 0 aliphatic carbocycles. The molecule has 0 spiro atoms. The molecule has 21 heavy (non-hydrogen) atoms. The fourth-order valence-corrected chi connectivity index (χ4v) is 3.20. The van der Waals surface area contributed by atoms with Gasteiger partial charge >= 0.3 is 0 Å². The van der Waals surface area contributed by atoms with Gasteiger partial charge in [-0.3, -0.25) is 4.98 Å². The Morgan fingerprint density at radius 2 is 1.95 bits per heavy atom. The summed E-state index contributed by atoms with van der Waals surface area (Å²) in [4.78, 5) is 4.12. The lowest BCUT2D eigenvalue weighted by molar-refractivity contribution is 0.299. The molecule has 5 heteroatoms. The van der Waals surface area contributed by atoms with Crippen LogP contribution in [0.3, 0.4) is 0 Å². The average Bonchev–Trinajstić information content (AvgIpc) is 3.02. The van der Waals surface area contributed by atoms with E-state index in [1.807, 2.05) is 18.2 Å². The topological polar surface area (TPSA) is 51.8 Å². The van der Waals surface area contributed by atoms with Gasteiger partial charge in [-0.1, -0.05) is 49.0 Å². The van der Waals surface area contributed by atoms with Crippen molar-refractivity contribution >= 4 is 11.8 Å². The molecule has 0 N–H and O–H groups in total. The molecule has 3 aromatic rings. The number of hydrogen-bond donors (Lipinski definition) is 0. The highest BCUT2D eigenvalue weighted by Crippen LogP contribution is 2.40. The molecule has 0 aliphatic heterocycles. The second kappa shape index (κ2) is 6.54. The van der Waals surface area contributed by atoms with Crippen LogP contribution < -0.4 is 0 Å². The van der Waals surface area contributed by atoms with Crippen LogP contribution in [0, 0.1) is 0 Å². The van der Waals surface area contributed by atoms with Gasteiger partial charge in [0.05, 0.1) is 0 Å². The second-order valence-corrected chi connectivity index (χ2v) is 5.78. The Bertz CT molecular complexity index is 685. The average molecular weight is 297 g/mol. The van der Waals surface area contributed by atoms with E-state index in [9.17, 15) is 0 Å². The van der Waals surface area contributed by atoms with Gasteiger partial charge in [0.2, 0.25) is 0 Å². The Hall–Kier alpha value is -2.14. The second-order valence-electron chi connectivity index (χ2n) is 4.59. The van der Waals surface area contributed by atoms with E-state index in [2.05, 4.69) is 46.5 Å². The van der Waals surface area contributed by atoms with Gasteiger partial charge in [-0.25, -0.2) is 4.63 Å². The Labute approximate surface area is 127 Å². The summed E-state index contributed by atoms with van der Waals surface area (Å²) in [6.07, 6.45) is 4.52. The largest absolute Gasteiger partial charge is 0.264 e. The third kappa shape index (κ3) is 3.13. The lowest BCUT2D eigenvalue weighted by Gasteiger charge is -2.13. The molecule has 0 radical (unpaired) electrons. The normalized spacial score (nSPS) is 12.2.